The highest BCUT2D eigenvalue weighted by Gasteiger charge is 2.34. The summed E-state index contributed by atoms with van der Waals surface area (Å²) in [7, 11) is 0. The zero-order valence-corrected chi connectivity index (χ0v) is 15.6. The first-order chi connectivity index (χ1) is 13.7. The predicted octanol–water partition coefficient (Wildman–Crippen LogP) is 2.98. The Bertz CT molecular complexity index is 1010. The number of nitrogens with zero attached hydrogens (tertiary/aromatic N) is 5. The average molecular weight is 379 g/mol. The molecular formula is C21H22FN5O. The molecule has 0 atom stereocenters. The molecule has 0 spiro atoms. The predicted molar refractivity (Wildman–Crippen MR) is 105 cm³/mol. The van der Waals surface area contributed by atoms with Crippen molar-refractivity contribution in [2.24, 2.45) is 5.92 Å². The van der Waals surface area contributed by atoms with Crippen LogP contribution in [0, 0.1) is 11.7 Å². The molecule has 2 aromatic heterocycles. The third-order valence-corrected chi connectivity index (χ3v) is 5.51. The van der Waals surface area contributed by atoms with Crippen molar-refractivity contribution in [3.05, 3.63) is 48.5 Å². The van der Waals surface area contributed by atoms with Crippen LogP contribution in [-0.2, 0) is 4.79 Å². The third-order valence-electron chi connectivity index (χ3n) is 5.51. The molecule has 1 aliphatic carbocycles. The molecule has 2 aliphatic rings. The largest absolute Gasteiger partial charge is 0.355 e. The van der Waals surface area contributed by atoms with Crippen molar-refractivity contribution < 1.29 is 9.18 Å². The topological polar surface area (TPSA) is 53.7 Å². The van der Waals surface area contributed by atoms with Crippen molar-refractivity contribution in [2.45, 2.75) is 19.3 Å². The fourth-order valence-electron chi connectivity index (χ4n) is 3.75. The minimum absolute atomic E-state index is 0.261. The Morgan fingerprint density at radius 1 is 1.00 bits per heavy atom. The molecule has 1 aromatic carbocycles. The molecule has 1 amide bonds. The first-order valence-electron chi connectivity index (χ1n) is 9.83. The summed E-state index contributed by atoms with van der Waals surface area (Å²) in [6, 6.07) is 8.30. The number of imidazole rings is 1. The molecule has 1 saturated heterocycles. The van der Waals surface area contributed by atoms with E-state index in [0.29, 0.717) is 11.7 Å². The SMILES string of the molecule is O=C(C1CC1)N1CCCN(c2ccn3cc(-c4ccc(F)cc4)nc3n2)CC1. The van der Waals surface area contributed by atoms with E-state index < -0.39 is 0 Å². The molecule has 28 heavy (non-hydrogen) atoms. The summed E-state index contributed by atoms with van der Waals surface area (Å²) >= 11 is 0. The maximum Gasteiger partial charge on any atom is 0.236 e. The fraction of sp³-hybridized carbons (Fsp3) is 0.381. The minimum atomic E-state index is -0.261. The monoisotopic (exact) mass is 379 g/mol. The smallest absolute Gasteiger partial charge is 0.236 e. The second-order valence-corrected chi connectivity index (χ2v) is 7.57. The van der Waals surface area contributed by atoms with Crippen molar-refractivity contribution in [2.75, 3.05) is 31.1 Å². The van der Waals surface area contributed by atoms with Crippen molar-refractivity contribution in [3.63, 3.8) is 0 Å². The molecule has 3 aromatic rings. The summed E-state index contributed by atoms with van der Waals surface area (Å²) < 4.78 is 15.0. The first kappa shape index (κ1) is 17.2. The average Bonchev–Trinajstić information content (AvgIpc) is 3.51. The van der Waals surface area contributed by atoms with E-state index in [4.69, 9.17) is 4.98 Å². The van der Waals surface area contributed by atoms with Gasteiger partial charge in [-0.3, -0.25) is 9.20 Å². The lowest BCUT2D eigenvalue weighted by atomic mass is 10.2. The van der Waals surface area contributed by atoms with E-state index in [-0.39, 0.29) is 11.7 Å². The van der Waals surface area contributed by atoms with E-state index in [0.717, 1.165) is 62.5 Å². The maximum atomic E-state index is 13.2. The lowest BCUT2D eigenvalue weighted by Gasteiger charge is -2.22. The number of halogens is 1. The van der Waals surface area contributed by atoms with E-state index >= 15 is 0 Å². The van der Waals surface area contributed by atoms with Crippen LogP contribution >= 0.6 is 0 Å². The van der Waals surface area contributed by atoms with Gasteiger partial charge in [-0.05, 0) is 49.6 Å². The van der Waals surface area contributed by atoms with Crippen molar-refractivity contribution in [1.29, 1.82) is 0 Å². The third kappa shape index (κ3) is 3.32. The summed E-state index contributed by atoms with van der Waals surface area (Å²) in [5.74, 6) is 1.83. The van der Waals surface area contributed by atoms with Crippen molar-refractivity contribution in [1.82, 2.24) is 19.3 Å². The second-order valence-electron chi connectivity index (χ2n) is 7.57. The Balaban J connectivity index is 1.35. The molecule has 0 bridgehead atoms. The van der Waals surface area contributed by atoms with E-state index in [1.807, 2.05) is 27.8 Å². The second kappa shape index (κ2) is 6.89. The minimum Gasteiger partial charge on any atom is -0.355 e. The number of aromatic nitrogens is 3. The van der Waals surface area contributed by atoms with E-state index in [9.17, 15) is 9.18 Å². The molecule has 2 fully saturated rings. The lowest BCUT2D eigenvalue weighted by molar-refractivity contribution is -0.132. The van der Waals surface area contributed by atoms with Gasteiger partial charge in [0.25, 0.3) is 0 Å². The van der Waals surface area contributed by atoms with Crippen LogP contribution in [-0.4, -0.2) is 51.4 Å². The van der Waals surface area contributed by atoms with Crippen LogP contribution < -0.4 is 4.90 Å². The Morgan fingerprint density at radius 2 is 1.82 bits per heavy atom. The van der Waals surface area contributed by atoms with E-state index in [2.05, 4.69) is 9.88 Å². The highest BCUT2D eigenvalue weighted by molar-refractivity contribution is 5.81. The van der Waals surface area contributed by atoms with Gasteiger partial charge in [-0.1, -0.05) is 0 Å². The van der Waals surface area contributed by atoms with Gasteiger partial charge >= 0.3 is 0 Å². The summed E-state index contributed by atoms with van der Waals surface area (Å²) in [6.07, 6.45) is 6.90. The maximum absolute atomic E-state index is 13.2. The normalized spacial score (nSPS) is 17.8. The van der Waals surface area contributed by atoms with E-state index in [1.54, 1.807) is 12.1 Å². The number of benzene rings is 1. The molecule has 1 saturated carbocycles. The van der Waals surface area contributed by atoms with Crippen LogP contribution in [0.1, 0.15) is 19.3 Å². The van der Waals surface area contributed by atoms with Gasteiger partial charge in [-0.15, -0.1) is 0 Å². The Labute approximate surface area is 162 Å². The standard InChI is InChI=1S/C21H22FN5O/c22-17-6-4-15(5-7-17)18-14-27-11-8-19(24-21(27)23-18)25-9-1-10-26(13-12-25)20(28)16-2-3-16/h4-8,11,14,16H,1-3,9-10,12-13H2. The summed E-state index contributed by atoms with van der Waals surface area (Å²) in [5.41, 5.74) is 1.62. The van der Waals surface area contributed by atoms with Crippen LogP contribution in [0.4, 0.5) is 10.2 Å². The number of hydrogen-bond donors (Lipinski definition) is 0. The summed E-state index contributed by atoms with van der Waals surface area (Å²) in [6.45, 7) is 3.24. The van der Waals surface area contributed by atoms with Crippen LogP contribution in [0.15, 0.2) is 42.7 Å². The van der Waals surface area contributed by atoms with Crippen molar-refractivity contribution in [3.8, 4) is 11.3 Å². The van der Waals surface area contributed by atoms with Crippen LogP contribution in [0.2, 0.25) is 0 Å². The molecule has 1 aliphatic heterocycles. The first-order valence-corrected chi connectivity index (χ1v) is 9.83. The van der Waals surface area contributed by atoms with Crippen LogP contribution in [0.3, 0.4) is 0 Å². The molecule has 7 heteroatoms. The van der Waals surface area contributed by atoms with Gasteiger partial charge in [0, 0.05) is 50.1 Å². The van der Waals surface area contributed by atoms with Crippen LogP contribution in [0.5, 0.6) is 0 Å². The van der Waals surface area contributed by atoms with Gasteiger partial charge in [0.2, 0.25) is 11.7 Å². The fourth-order valence-corrected chi connectivity index (χ4v) is 3.75. The molecule has 3 heterocycles. The van der Waals surface area contributed by atoms with Gasteiger partial charge in [0.1, 0.15) is 11.6 Å². The molecule has 0 N–H and O–H groups in total. The lowest BCUT2D eigenvalue weighted by Crippen LogP contribution is -2.36. The number of anilines is 1. The quantitative estimate of drug-likeness (QED) is 0.702. The van der Waals surface area contributed by atoms with Crippen molar-refractivity contribution >= 4 is 17.5 Å². The summed E-state index contributed by atoms with van der Waals surface area (Å²) in [4.78, 5) is 25.9. The van der Waals surface area contributed by atoms with Gasteiger partial charge in [0.15, 0.2) is 0 Å². The number of carbonyl (C=O) groups is 1. The summed E-state index contributed by atoms with van der Waals surface area (Å²) in [5, 5.41) is 0. The highest BCUT2D eigenvalue weighted by atomic mass is 19.1. The molecule has 6 nitrogen and oxygen atoms in total. The molecule has 5 rings (SSSR count). The highest BCUT2D eigenvalue weighted by Crippen LogP contribution is 2.31. The zero-order valence-electron chi connectivity index (χ0n) is 15.6. The molecule has 0 radical (unpaired) electrons. The molecular weight excluding hydrogens is 357 g/mol. The van der Waals surface area contributed by atoms with Gasteiger partial charge < -0.3 is 9.80 Å². The Kier molecular flexibility index (Phi) is 4.22. The van der Waals surface area contributed by atoms with Gasteiger partial charge in [-0.25, -0.2) is 9.37 Å². The van der Waals surface area contributed by atoms with Gasteiger partial charge in [-0.2, -0.15) is 4.98 Å². The Morgan fingerprint density at radius 3 is 2.61 bits per heavy atom. The number of rotatable bonds is 3. The number of hydrogen-bond acceptors (Lipinski definition) is 4. The zero-order chi connectivity index (χ0) is 19.1. The van der Waals surface area contributed by atoms with Gasteiger partial charge in [0.05, 0.1) is 5.69 Å². The molecule has 0 unspecified atom stereocenters. The number of amides is 1. The number of fused-ring (bicyclic) bond motifs is 1. The van der Waals surface area contributed by atoms with Crippen LogP contribution in [0.25, 0.3) is 17.0 Å². The van der Waals surface area contributed by atoms with E-state index in [1.165, 1.54) is 12.1 Å². The Hall–Kier alpha value is -2.96. The molecule has 144 valence electrons. The number of carbonyl (C=O) groups excluding carboxylic acids is 1.